The molecule has 0 radical (unpaired) electrons. The van der Waals surface area contributed by atoms with Crippen molar-refractivity contribution in [3.05, 3.63) is 35.1 Å². The second kappa shape index (κ2) is 5.18. The van der Waals surface area contributed by atoms with Crippen molar-refractivity contribution in [2.24, 2.45) is 5.92 Å². The lowest BCUT2D eigenvalue weighted by molar-refractivity contribution is 0.360. The van der Waals surface area contributed by atoms with Gasteiger partial charge in [0.1, 0.15) is 5.82 Å². The van der Waals surface area contributed by atoms with Gasteiger partial charge in [-0.05, 0) is 55.4 Å². The molecule has 0 amide bonds. The Balaban J connectivity index is 2.05. The van der Waals surface area contributed by atoms with Gasteiger partial charge in [0.25, 0.3) is 0 Å². The predicted molar refractivity (Wildman–Crippen MR) is 66.4 cm³/mol. The van der Waals surface area contributed by atoms with Crippen LogP contribution in [-0.4, -0.2) is 5.38 Å². The molecule has 2 atom stereocenters. The van der Waals surface area contributed by atoms with Crippen LogP contribution in [0.25, 0.3) is 0 Å². The van der Waals surface area contributed by atoms with Crippen molar-refractivity contribution in [2.75, 3.05) is 0 Å². The minimum absolute atomic E-state index is 0.126. The lowest BCUT2D eigenvalue weighted by Gasteiger charge is -2.25. The van der Waals surface area contributed by atoms with E-state index in [1.807, 2.05) is 6.07 Å². The van der Waals surface area contributed by atoms with Crippen LogP contribution >= 0.6 is 11.6 Å². The molecule has 0 bridgehead atoms. The summed E-state index contributed by atoms with van der Waals surface area (Å²) in [4.78, 5) is 0. The van der Waals surface area contributed by atoms with Gasteiger partial charge in [-0.1, -0.05) is 18.9 Å². The van der Waals surface area contributed by atoms with E-state index in [9.17, 15) is 4.39 Å². The molecule has 0 aromatic heterocycles. The van der Waals surface area contributed by atoms with Crippen LogP contribution in [0.4, 0.5) is 4.39 Å². The van der Waals surface area contributed by atoms with E-state index >= 15 is 0 Å². The van der Waals surface area contributed by atoms with Crippen molar-refractivity contribution in [3.8, 4) is 0 Å². The number of rotatable bonds is 2. The van der Waals surface area contributed by atoms with Gasteiger partial charge in [0.05, 0.1) is 0 Å². The van der Waals surface area contributed by atoms with Gasteiger partial charge in [0, 0.05) is 5.38 Å². The Morgan fingerprint density at radius 1 is 1.38 bits per heavy atom. The van der Waals surface area contributed by atoms with E-state index in [-0.39, 0.29) is 5.82 Å². The summed E-state index contributed by atoms with van der Waals surface area (Å²) in [6.07, 6.45) is 5.65. The molecule has 2 unspecified atom stereocenters. The Bertz CT molecular complexity index is 362. The van der Waals surface area contributed by atoms with E-state index in [2.05, 4.69) is 6.92 Å². The fourth-order valence-corrected chi connectivity index (χ4v) is 2.99. The summed E-state index contributed by atoms with van der Waals surface area (Å²) in [6, 6.07) is 5.07. The molecule has 0 saturated heterocycles. The topological polar surface area (TPSA) is 0 Å². The Morgan fingerprint density at radius 3 is 2.94 bits per heavy atom. The largest absolute Gasteiger partial charge is 0.207 e. The summed E-state index contributed by atoms with van der Waals surface area (Å²) in [5.74, 6) is 0.510. The van der Waals surface area contributed by atoms with Crippen LogP contribution in [0.3, 0.4) is 0 Å². The highest BCUT2D eigenvalue weighted by molar-refractivity contribution is 6.20. The zero-order valence-corrected chi connectivity index (χ0v) is 10.4. The average molecular weight is 241 g/mol. The third kappa shape index (κ3) is 2.98. The molecule has 0 spiro atoms. The first-order valence-electron chi connectivity index (χ1n) is 6.04. The second-order valence-electron chi connectivity index (χ2n) is 4.90. The highest BCUT2D eigenvalue weighted by Gasteiger charge is 2.20. The van der Waals surface area contributed by atoms with Gasteiger partial charge in [0.2, 0.25) is 0 Å². The molecule has 0 nitrogen and oxygen atoms in total. The zero-order chi connectivity index (χ0) is 11.5. The summed E-state index contributed by atoms with van der Waals surface area (Å²) in [5.41, 5.74) is 2.34. The smallest absolute Gasteiger partial charge is 0.123 e. The Labute approximate surface area is 102 Å². The molecule has 0 N–H and O–H groups in total. The molecular weight excluding hydrogens is 223 g/mol. The maximum Gasteiger partial charge on any atom is 0.123 e. The SMILES string of the molecule is Cc1ccc(F)cc1CC1CCCC(Cl)C1. The molecule has 1 aliphatic carbocycles. The van der Waals surface area contributed by atoms with Crippen molar-refractivity contribution in [1.82, 2.24) is 0 Å². The van der Waals surface area contributed by atoms with Gasteiger partial charge in [0.15, 0.2) is 0 Å². The Kier molecular flexibility index (Phi) is 3.86. The molecule has 0 aliphatic heterocycles. The van der Waals surface area contributed by atoms with Gasteiger partial charge in [-0.2, -0.15) is 0 Å². The first kappa shape index (κ1) is 11.9. The second-order valence-corrected chi connectivity index (χ2v) is 5.52. The minimum Gasteiger partial charge on any atom is -0.207 e. The molecule has 1 saturated carbocycles. The fourth-order valence-electron chi connectivity index (χ4n) is 2.58. The van der Waals surface area contributed by atoms with Crippen LogP contribution in [0.15, 0.2) is 18.2 Å². The van der Waals surface area contributed by atoms with E-state index in [4.69, 9.17) is 11.6 Å². The fraction of sp³-hybridized carbons (Fsp3) is 0.571. The Morgan fingerprint density at radius 2 is 2.19 bits per heavy atom. The predicted octanol–water partition coefficient (Wildman–Crippen LogP) is 4.47. The third-order valence-electron chi connectivity index (χ3n) is 3.54. The van der Waals surface area contributed by atoms with Gasteiger partial charge in [-0.25, -0.2) is 4.39 Å². The molecule has 1 aromatic carbocycles. The van der Waals surface area contributed by atoms with Crippen molar-refractivity contribution >= 4 is 11.6 Å². The average Bonchev–Trinajstić information content (AvgIpc) is 2.24. The van der Waals surface area contributed by atoms with E-state index in [0.717, 1.165) is 24.8 Å². The molecule has 1 aliphatic rings. The summed E-state index contributed by atoms with van der Waals surface area (Å²) < 4.78 is 13.2. The number of benzene rings is 1. The Hall–Kier alpha value is -0.560. The summed E-state index contributed by atoms with van der Waals surface area (Å²) in [6.45, 7) is 2.05. The van der Waals surface area contributed by atoms with Crippen molar-refractivity contribution in [2.45, 2.75) is 44.4 Å². The monoisotopic (exact) mass is 240 g/mol. The quantitative estimate of drug-likeness (QED) is 0.669. The minimum atomic E-state index is -0.126. The van der Waals surface area contributed by atoms with Crippen molar-refractivity contribution in [1.29, 1.82) is 0 Å². The lowest BCUT2D eigenvalue weighted by atomic mass is 9.83. The third-order valence-corrected chi connectivity index (χ3v) is 3.93. The summed E-state index contributed by atoms with van der Waals surface area (Å²) in [7, 11) is 0. The van der Waals surface area contributed by atoms with Gasteiger partial charge in [-0.15, -0.1) is 11.6 Å². The van der Waals surface area contributed by atoms with E-state index in [1.54, 1.807) is 6.07 Å². The van der Waals surface area contributed by atoms with Gasteiger partial charge < -0.3 is 0 Å². The van der Waals surface area contributed by atoms with Crippen LogP contribution in [0.5, 0.6) is 0 Å². The van der Waals surface area contributed by atoms with E-state index in [0.29, 0.717) is 11.3 Å². The molecule has 88 valence electrons. The highest BCUT2D eigenvalue weighted by atomic mass is 35.5. The van der Waals surface area contributed by atoms with E-state index in [1.165, 1.54) is 24.5 Å². The molecular formula is C14H18ClF. The van der Waals surface area contributed by atoms with Crippen LogP contribution in [0, 0.1) is 18.7 Å². The van der Waals surface area contributed by atoms with Crippen LogP contribution < -0.4 is 0 Å². The van der Waals surface area contributed by atoms with Crippen LogP contribution in [0.2, 0.25) is 0 Å². The first-order valence-corrected chi connectivity index (χ1v) is 6.48. The number of alkyl halides is 1. The number of aryl methyl sites for hydroxylation is 1. The standard InChI is InChI=1S/C14H18ClF/c1-10-5-6-14(16)9-12(10)7-11-3-2-4-13(15)8-11/h5-6,9,11,13H,2-4,7-8H2,1H3. The number of hydrogen-bond acceptors (Lipinski definition) is 0. The zero-order valence-electron chi connectivity index (χ0n) is 9.68. The van der Waals surface area contributed by atoms with Crippen molar-refractivity contribution < 1.29 is 4.39 Å². The molecule has 1 aromatic rings. The highest BCUT2D eigenvalue weighted by Crippen LogP contribution is 2.31. The number of halogens is 2. The maximum atomic E-state index is 13.2. The number of hydrogen-bond donors (Lipinski definition) is 0. The molecule has 0 heterocycles. The maximum absolute atomic E-state index is 13.2. The molecule has 1 fully saturated rings. The van der Waals surface area contributed by atoms with Crippen molar-refractivity contribution in [3.63, 3.8) is 0 Å². The van der Waals surface area contributed by atoms with E-state index < -0.39 is 0 Å². The van der Waals surface area contributed by atoms with Gasteiger partial charge >= 0.3 is 0 Å². The summed E-state index contributed by atoms with van der Waals surface area (Å²) in [5, 5.41) is 0.326. The first-order chi connectivity index (χ1) is 7.65. The van der Waals surface area contributed by atoms with Crippen LogP contribution in [-0.2, 0) is 6.42 Å². The van der Waals surface area contributed by atoms with Gasteiger partial charge in [-0.3, -0.25) is 0 Å². The molecule has 2 rings (SSSR count). The van der Waals surface area contributed by atoms with Crippen LogP contribution in [0.1, 0.15) is 36.8 Å². The normalized spacial score (nSPS) is 25.7. The molecule has 16 heavy (non-hydrogen) atoms. The molecule has 2 heteroatoms. The lowest BCUT2D eigenvalue weighted by Crippen LogP contribution is -2.17. The summed E-state index contributed by atoms with van der Waals surface area (Å²) >= 11 is 6.17.